The molecule has 0 N–H and O–H groups in total. The lowest BCUT2D eigenvalue weighted by molar-refractivity contribution is 0.0175. The van der Waals surface area contributed by atoms with E-state index >= 15 is 0 Å². The summed E-state index contributed by atoms with van der Waals surface area (Å²) in [5, 5.41) is 2.73. The molecule has 59 heavy (non-hydrogen) atoms. The van der Waals surface area contributed by atoms with Gasteiger partial charge in [-0.2, -0.15) is 0 Å². The molecule has 0 spiro atoms. The van der Waals surface area contributed by atoms with Crippen molar-refractivity contribution in [1.82, 2.24) is 0 Å². The van der Waals surface area contributed by atoms with Crippen LogP contribution in [0.5, 0.6) is 0 Å². The summed E-state index contributed by atoms with van der Waals surface area (Å²) in [6.45, 7) is 2.98. The highest BCUT2D eigenvalue weighted by Crippen LogP contribution is 2.83. The Labute approximate surface area is 362 Å². The molecule has 0 radical (unpaired) electrons. The minimum absolute atomic E-state index is 0.0984. The molecule has 0 aliphatic heterocycles. The van der Waals surface area contributed by atoms with Gasteiger partial charge in [0.25, 0.3) is 0 Å². The van der Waals surface area contributed by atoms with Crippen molar-refractivity contribution >= 4 is 15.8 Å². The van der Waals surface area contributed by atoms with Gasteiger partial charge < -0.3 is 0 Å². The zero-order valence-corrected chi connectivity index (χ0v) is 38.8. The van der Waals surface area contributed by atoms with E-state index in [1.807, 2.05) is 0 Å². The monoisotopic (exact) mass is 825 g/mol. The van der Waals surface area contributed by atoms with Crippen LogP contribution in [0.2, 0.25) is 0 Å². The molecule has 16 fully saturated rings. The summed E-state index contributed by atoms with van der Waals surface area (Å²) in [5.74, 6) is 13.4. The summed E-state index contributed by atoms with van der Waals surface area (Å²) < 4.78 is 0. The van der Waals surface area contributed by atoms with Gasteiger partial charge in [-0.1, -0.05) is 83.4 Å². The molecule has 0 nitrogen and oxygen atoms in total. The standard InChI is InChI=1S/C57H78P2/c1-53(51-10-6-3-7-11-51,37-59(56-30-44-18-45(31-56)20-46(19-44)32-56)57-33-47-21-48(34-57)23-49(22-47)35-57)52(50-8-4-2-5-9-50)36-58(54-24-38-12-39(25-54)14-40(13-38)26-54)55-27-41-15-42(28-55)17-43(16-41)29-55/h2-11,38-49,52H,12-37H2,1H3. The van der Waals surface area contributed by atoms with Crippen LogP contribution >= 0.6 is 15.8 Å². The first-order valence-electron chi connectivity index (χ1n) is 26.4. The van der Waals surface area contributed by atoms with Gasteiger partial charge >= 0.3 is 0 Å². The fourth-order valence-corrected chi connectivity index (χ4v) is 33.6. The second-order valence-electron chi connectivity index (χ2n) is 26.5. The first kappa shape index (κ1) is 37.7. The first-order valence-corrected chi connectivity index (χ1v) is 29.4. The topological polar surface area (TPSA) is 0 Å². The van der Waals surface area contributed by atoms with Crippen molar-refractivity contribution in [3.63, 3.8) is 0 Å². The molecule has 0 amide bonds. The fourth-order valence-electron chi connectivity index (χ4n) is 22.4. The normalized spacial score (nSPS) is 51.5. The Kier molecular flexibility index (Phi) is 8.57. The highest BCUT2D eigenvalue weighted by atomic mass is 31.1. The molecule has 2 aromatic rings. The zero-order chi connectivity index (χ0) is 38.8. The Hall–Kier alpha value is -0.700. The fraction of sp³-hybridized carbons (Fsp3) is 0.789. The van der Waals surface area contributed by atoms with E-state index in [9.17, 15) is 0 Å². The predicted molar refractivity (Wildman–Crippen MR) is 250 cm³/mol. The molecule has 0 aromatic heterocycles. The SMILES string of the molecule is CC(CP(C12CC3CC(CC(C3)C1)C2)C12CC3CC(CC(C3)C1)C2)(c1ccccc1)C(CP(C12CC3CC(CC(C3)C1)C2)C12CC3CC(CC(C3)C1)C2)c1ccccc1. The quantitative estimate of drug-likeness (QED) is 0.198. The van der Waals surface area contributed by atoms with E-state index < -0.39 is 0 Å². The van der Waals surface area contributed by atoms with Gasteiger partial charge in [0.2, 0.25) is 0 Å². The molecule has 16 bridgehead atoms. The minimum atomic E-state index is -0.115. The van der Waals surface area contributed by atoms with Gasteiger partial charge in [0.15, 0.2) is 0 Å². The lowest BCUT2D eigenvalue weighted by Gasteiger charge is -2.69. The van der Waals surface area contributed by atoms with Crippen LogP contribution in [0.3, 0.4) is 0 Å². The molecule has 18 rings (SSSR count). The molecule has 16 saturated carbocycles. The Morgan fingerprint density at radius 1 is 0.407 bits per heavy atom. The molecule has 0 saturated heterocycles. The third kappa shape index (κ3) is 5.90. The van der Waals surface area contributed by atoms with Gasteiger partial charge in [-0.15, -0.1) is 0 Å². The third-order valence-electron chi connectivity index (χ3n) is 22.6. The van der Waals surface area contributed by atoms with Crippen LogP contribution in [-0.4, -0.2) is 32.9 Å². The van der Waals surface area contributed by atoms with Crippen LogP contribution in [0.25, 0.3) is 0 Å². The maximum atomic E-state index is 2.98. The van der Waals surface area contributed by atoms with Crippen LogP contribution in [0.4, 0.5) is 0 Å². The van der Waals surface area contributed by atoms with Gasteiger partial charge in [-0.05, 0) is 275 Å². The van der Waals surface area contributed by atoms with Crippen molar-refractivity contribution in [3.8, 4) is 0 Å². The van der Waals surface area contributed by atoms with Crippen LogP contribution < -0.4 is 0 Å². The lowest BCUT2D eigenvalue weighted by atomic mass is 9.55. The van der Waals surface area contributed by atoms with E-state index in [0.29, 0.717) is 26.5 Å². The summed E-state index contributed by atoms with van der Waals surface area (Å²) in [4.78, 5) is 0. The summed E-state index contributed by atoms with van der Waals surface area (Å²) in [5.41, 5.74) is 3.69. The number of benzene rings is 2. The van der Waals surface area contributed by atoms with E-state index in [0.717, 1.165) is 71.0 Å². The van der Waals surface area contributed by atoms with Crippen LogP contribution in [0, 0.1) is 71.0 Å². The number of hydrogen-bond acceptors (Lipinski definition) is 0. The summed E-state index contributed by atoms with van der Waals surface area (Å²) in [6.07, 6.45) is 42.1. The average Bonchev–Trinajstić information content (AvgIpc) is 3.18. The van der Waals surface area contributed by atoms with E-state index in [2.05, 4.69) is 67.6 Å². The predicted octanol–water partition coefficient (Wildman–Crippen LogP) is 15.6. The van der Waals surface area contributed by atoms with Gasteiger partial charge in [-0.3, -0.25) is 0 Å². The average molecular weight is 825 g/mol. The first-order chi connectivity index (χ1) is 28.7. The van der Waals surface area contributed by atoms with Gasteiger partial charge in [0.1, 0.15) is 0 Å². The van der Waals surface area contributed by atoms with Crippen LogP contribution in [-0.2, 0) is 5.41 Å². The van der Waals surface area contributed by atoms with E-state index in [1.165, 1.54) is 0 Å². The summed E-state index contributed by atoms with van der Waals surface area (Å²) in [6, 6.07) is 25.4. The van der Waals surface area contributed by atoms with Crippen LogP contribution in [0.1, 0.15) is 178 Å². The van der Waals surface area contributed by atoms with Crippen molar-refractivity contribution in [1.29, 1.82) is 0 Å². The minimum Gasteiger partial charge on any atom is -0.0933 e. The van der Waals surface area contributed by atoms with E-state index in [4.69, 9.17) is 0 Å². The Morgan fingerprint density at radius 2 is 0.678 bits per heavy atom. The number of hydrogen-bond donors (Lipinski definition) is 0. The maximum Gasteiger partial charge on any atom is 0.00363 e. The lowest BCUT2D eigenvalue weighted by Crippen LogP contribution is -2.58. The Morgan fingerprint density at radius 3 is 0.983 bits per heavy atom. The highest BCUT2D eigenvalue weighted by Gasteiger charge is 2.66. The molecular weight excluding hydrogens is 747 g/mol. The second kappa shape index (κ2) is 13.4. The summed E-state index contributed by atoms with van der Waals surface area (Å²) >= 11 is 0. The van der Waals surface area contributed by atoms with Gasteiger partial charge in [0, 0.05) is 5.41 Å². The van der Waals surface area contributed by atoms with Crippen molar-refractivity contribution in [2.75, 3.05) is 12.3 Å². The maximum absolute atomic E-state index is 2.98. The van der Waals surface area contributed by atoms with Crippen molar-refractivity contribution in [3.05, 3.63) is 71.8 Å². The Bertz CT molecular complexity index is 1680. The van der Waals surface area contributed by atoms with E-state index in [-0.39, 0.29) is 21.3 Å². The molecular formula is C57H78P2. The molecule has 2 aromatic carbocycles. The molecule has 2 heteroatoms. The number of rotatable bonds is 11. The van der Waals surface area contributed by atoms with Gasteiger partial charge in [0.05, 0.1) is 0 Å². The van der Waals surface area contributed by atoms with Crippen LogP contribution in [0.15, 0.2) is 60.7 Å². The molecule has 16 aliphatic carbocycles. The molecule has 0 heterocycles. The molecule has 2 unspecified atom stereocenters. The molecule has 316 valence electrons. The van der Waals surface area contributed by atoms with Crippen molar-refractivity contribution in [2.45, 2.75) is 193 Å². The van der Waals surface area contributed by atoms with Gasteiger partial charge in [-0.25, -0.2) is 0 Å². The second-order valence-corrected chi connectivity index (χ2v) is 32.7. The van der Waals surface area contributed by atoms with E-state index in [1.54, 1.807) is 178 Å². The highest BCUT2D eigenvalue weighted by molar-refractivity contribution is 7.61. The largest absolute Gasteiger partial charge is 0.0933 e. The third-order valence-corrected chi connectivity index (χ3v) is 31.0. The summed E-state index contributed by atoms with van der Waals surface area (Å²) in [7, 11) is -0.214. The molecule has 16 aliphatic rings. The van der Waals surface area contributed by atoms with Crippen molar-refractivity contribution in [2.24, 2.45) is 71.0 Å². The molecule has 2 atom stereocenters. The van der Waals surface area contributed by atoms with Crippen molar-refractivity contribution < 1.29 is 0 Å². The smallest absolute Gasteiger partial charge is 0.00363 e. The zero-order valence-electron chi connectivity index (χ0n) is 37.1. The Balaban J connectivity index is 0.939.